The van der Waals surface area contributed by atoms with Gasteiger partial charge in [-0.1, -0.05) is 55.5 Å². The Bertz CT molecular complexity index is 639. The van der Waals surface area contributed by atoms with Gasteiger partial charge in [0.15, 0.2) is 5.78 Å². The first-order valence-electron chi connectivity index (χ1n) is 6.83. The zero-order valence-electron chi connectivity index (χ0n) is 12.2. The number of hydrogen-bond donors (Lipinski definition) is 0. The molecule has 0 bridgehead atoms. The van der Waals surface area contributed by atoms with Crippen LogP contribution in [0, 0.1) is 0 Å². The van der Waals surface area contributed by atoms with Crippen LogP contribution >= 0.6 is 0 Å². The number of carbonyl (C=O) groups excluding carboxylic acids is 1. The van der Waals surface area contributed by atoms with Crippen molar-refractivity contribution in [3.63, 3.8) is 0 Å². The molecule has 0 aliphatic heterocycles. The highest BCUT2D eigenvalue weighted by Crippen LogP contribution is 2.17. The van der Waals surface area contributed by atoms with Crippen molar-refractivity contribution in [3.8, 4) is 0 Å². The second-order valence-corrected chi connectivity index (χ2v) is 4.72. The maximum atomic E-state index is 11.8. The summed E-state index contributed by atoms with van der Waals surface area (Å²) in [4.78, 5) is 16.2. The molecule has 20 heavy (non-hydrogen) atoms. The molecule has 0 N–H and O–H groups in total. The van der Waals surface area contributed by atoms with Crippen molar-refractivity contribution in [2.24, 2.45) is 4.99 Å². The second-order valence-electron chi connectivity index (χ2n) is 4.72. The third-order valence-corrected chi connectivity index (χ3v) is 3.42. The number of nitrogens with zero attached hydrogens (tertiary/aromatic N) is 1. The third-order valence-electron chi connectivity index (χ3n) is 3.42. The van der Waals surface area contributed by atoms with Gasteiger partial charge in [-0.2, -0.15) is 0 Å². The zero-order valence-corrected chi connectivity index (χ0v) is 12.2. The summed E-state index contributed by atoms with van der Waals surface area (Å²) in [6.45, 7) is 3.72. The minimum atomic E-state index is 0.0620. The lowest BCUT2D eigenvalue weighted by Crippen LogP contribution is -2.09. The number of aryl methyl sites for hydroxylation is 1. The summed E-state index contributed by atoms with van der Waals surface area (Å²) in [5.74, 6) is 0.0620. The Kier molecular flexibility index (Phi) is 4.46. The van der Waals surface area contributed by atoms with E-state index in [0.717, 1.165) is 23.3 Å². The number of rotatable bonds is 4. The van der Waals surface area contributed by atoms with E-state index in [1.165, 1.54) is 5.56 Å². The van der Waals surface area contributed by atoms with Gasteiger partial charge in [-0.3, -0.25) is 9.79 Å². The highest BCUT2D eigenvalue weighted by molar-refractivity contribution is 6.18. The normalized spacial score (nSPS) is 11.4. The van der Waals surface area contributed by atoms with Gasteiger partial charge in [0.1, 0.15) is 0 Å². The number of benzene rings is 2. The molecular weight excluding hydrogens is 246 g/mol. The van der Waals surface area contributed by atoms with Crippen LogP contribution in [0.15, 0.2) is 53.5 Å². The minimum Gasteiger partial charge on any atom is -0.294 e. The van der Waals surface area contributed by atoms with Crippen molar-refractivity contribution in [1.82, 2.24) is 0 Å². The monoisotopic (exact) mass is 265 g/mol. The first kappa shape index (κ1) is 14.2. The molecule has 0 spiro atoms. The molecule has 0 unspecified atom stereocenters. The Balaban J connectivity index is 2.50. The smallest absolute Gasteiger partial charge is 0.160 e. The van der Waals surface area contributed by atoms with Crippen LogP contribution in [-0.2, 0) is 6.42 Å². The molecular formula is C18H19NO. The summed E-state index contributed by atoms with van der Waals surface area (Å²) in [7, 11) is 1.76. The van der Waals surface area contributed by atoms with Crippen LogP contribution in [0.5, 0.6) is 0 Å². The van der Waals surface area contributed by atoms with Crippen LogP contribution in [-0.4, -0.2) is 18.5 Å². The van der Waals surface area contributed by atoms with E-state index in [0.29, 0.717) is 5.56 Å². The SMILES string of the molecule is CCc1ccc(/C(=N/C)c2ccccc2C(C)=O)cc1. The predicted molar refractivity (Wildman–Crippen MR) is 83.8 cm³/mol. The quantitative estimate of drug-likeness (QED) is 0.608. The fourth-order valence-electron chi connectivity index (χ4n) is 2.30. The Morgan fingerprint density at radius 2 is 1.60 bits per heavy atom. The van der Waals surface area contributed by atoms with Gasteiger partial charge in [0.05, 0.1) is 5.71 Å². The lowest BCUT2D eigenvalue weighted by molar-refractivity contribution is 0.101. The van der Waals surface area contributed by atoms with Crippen molar-refractivity contribution in [1.29, 1.82) is 0 Å². The van der Waals surface area contributed by atoms with Gasteiger partial charge in [-0.25, -0.2) is 0 Å². The first-order chi connectivity index (χ1) is 9.67. The van der Waals surface area contributed by atoms with E-state index >= 15 is 0 Å². The van der Waals surface area contributed by atoms with Gasteiger partial charge < -0.3 is 0 Å². The number of hydrogen-bond acceptors (Lipinski definition) is 2. The average molecular weight is 265 g/mol. The molecule has 0 aromatic heterocycles. The largest absolute Gasteiger partial charge is 0.294 e. The predicted octanol–water partition coefficient (Wildman–Crippen LogP) is 3.92. The van der Waals surface area contributed by atoms with Crippen molar-refractivity contribution in [2.75, 3.05) is 7.05 Å². The van der Waals surface area contributed by atoms with E-state index < -0.39 is 0 Å². The first-order valence-corrected chi connectivity index (χ1v) is 6.83. The molecule has 2 nitrogen and oxygen atoms in total. The molecule has 0 amide bonds. The minimum absolute atomic E-state index is 0.0620. The summed E-state index contributed by atoms with van der Waals surface area (Å²) >= 11 is 0. The maximum Gasteiger partial charge on any atom is 0.160 e. The molecule has 0 saturated heterocycles. The van der Waals surface area contributed by atoms with Crippen molar-refractivity contribution < 1.29 is 4.79 Å². The molecule has 0 atom stereocenters. The summed E-state index contributed by atoms with van der Waals surface area (Å²) in [5.41, 5.74) is 4.81. The number of Topliss-reactive ketones (excluding diaryl/α,β-unsaturated/α-hetero) is 1. The maximum absolute atomic E-state index is 11.8. The number of carbonyl (C=O) groups is 1. The molecule has 2 aromatic rings. The molecule has 0 aliphatic carbocycles. The lowest BCUT2D eigenvalue weighted by Gasteiger charge is -2.11. The molecule has 0 aliphatic rings. The van der Waals surface area contributed by atoms with Crippen LogP contribution in [0.4, 0.5) is 0 Å². The van der Waals surface area contributed by atoms with Crippen LogP contribution in [0.2, 0.25) is 0 Å². The van der Waals surface area contributed by atoms with Crippen LogP contribution in [0.25, 0.3) is 0 Å². The molecule has 0 saturated carbocycles. The molecule has 2 aromatic carbocycles. The van der Waals surface area contributed by atoms with Gasteiger partial charge in [0.25, 0.3) is 0 Å². The zero-order chi connectivity index (χ0) is 14.5. The molecule has 0 heterocycles. The highest BCUT2D eigenvalue weighted by Gasteiger charge is 2.13. The van der Waals surface area contributed by atoms with Gasteiger partial charge in [0.2, 0.25) is 0 Å². The van der Waals surface area contributed by atoms with Gasteiger partial charge >= 0.3 is 0 Å². The highest BCUT2D eigenvalue weighted by atomic mass is 16.1. The summed E-state index contributed by atoms with van der Waals surface area (Å²) in [6.07, 6.45) is 1.02. The molecule has 0 fully saturated rings. The fourth-order valence-corrected chi connectivity index (χ4v) is 2.30. The summed E-state index contributed by atoms with van der Waals surface area (Å²) in [5, 5.41) is 0. The van der Waals surface area contributed by atoms with Crippen molar-refractivity contribution >= 4 is 11.5 Å². The van der Waals surface area contributed by atoms with E-state index in [9.17, 15) is 4.79 Å². The summed E-state index contributed by atoms with van der Waals surface area (Å²) < 4.78 is 0. The Hall–Kier alpha value is -2.22. The van der Waals surface area contributed by atoms with Gasteiger partial charge in [0, 0.05) is 23.7 Å². The molecule has 2 rings (SSSR count). The lowest BCUT2D eigenvalue weighted by atomic mass is 9.95. The molecule has 0 radical (unpaired) electrons. The Morgan fingerprint density at radius 1 is 1.00 bits per heavy atom. The van der Waals surface area contributed by atoms with E-state index in [4.69, 9.17) is 0 Å². The number of ketones is 1. The topological polar surface area (TPSA) is 29.4 Å². The van der Waals surface area contributed by atoms with E-state index in [1.54, 1.807) is 14.0 Å². The fraction of sp³-hybridized carbons (Fsp3) is 0.222. The molecule has 2 heteroatoms. The number of aliphatic imine (C=N–C) groups is 1. The standard InChI is InChI=1S/C18H19NO/c1-4-14-9-11-15(12-10-14)18(19-3)17-8-6-5-7-16(17)13(2)20/h5-12H,4H2,1-3H3/b19-18-. The third kappa shape index (κ3) is 2.85. The van der Waals surface area contributed by atoms with E-state index in [2.05, 4.69) is 36.2 Å². The van der Waals surface area contributed by atoms with Gasteiger partial charge in [-0.15, -0.1) is 0 Å². The summed E-state index contributed by atoms with van der Waals surface area (Å²) in [6, 6.07) is 16.0. The van der Waals surface area contributed by atoms with Gasteiger partial charge in [-0.05, 0) is 18.9 Å². The van der Waals surface area contributed by atoms with Crippen molar-refractivity contribution in [3.05, 3.63) is 70.8 Å². The molecule has 102 valence electrons. The Labute approximate surface area is 120 Å². The average Bonchev–Trinajstić information content (AvgIpc) is 2.49. The van der Waals surface area contributed by atoms with Crippen LogP contribution in [0.3, 0.4) is 0 Å². The van der Waals surface area contributed by atoms with Crippen LogP contribution < -0.4 is 0 Å². The van der Waals surface area contributed by atoms with Crippen LogP contribution in [0.1, 0.15) is 40.9 Å². The van der Waals surface area contributed by atoms with E-state index in [-0.39, 0.29) is 5.78 Å². The second kappa shape index (κ2) is 6.29. The Morgan fingerprint density at radius 3 is 2.10 bits per heavy atom. The van der Waals surface area contributed by atoms with Crippen molar-refractivity contribution in [2.45, 2.75) is 20.3 Å². The van der Waals surface area contributed by atoms with E-state index in [1.807, 2.05) is 24.3 Å².